The number of carboxylic acids is 1. The van der Waals surface area contributed by atoms with Crippen LogP contribution in [0.4, 0.5) is 0 Å². The maximum Gasteiger partial charge on any atom is 0.326 e. The zero-order valence-corrected chi connectivity index (χ0v) is 26.3. The van der Waals surface area contributed by atoms with E-state index in [1.54, 1.807) is 30.3 Å². The van der Waals surface area contributed by atoms with E-state index >= 15 is 0 Å². The van der Waals surface area contributed by atoms with Crippen molar-refractivity contribution in [3.63, 3.8) is 0 Å². The van der Waals surface area contributed by atoms with Crippen LogP contribution >= 0.6 is 0 Å². The third kappa shape index (κ3) is 14.8. The molecule has 0 aliphatic rings. The highest BCUT2D eigenvalue weighted by Crippen LogP contribution is 2.07. The van der Waals surface area contributed by atoms with E-state index in [0.717, 1.165) is 0 Å². The van der Waals surface area contributed by atoms with Gasteiger partial charge in [-0.2, -0.15) is 0 Å². The molecule has 46 heavy (non-hydrogen) atoms. The Labute approximate surface area is 267 Å². The van der Waals surface area contributed by atoms with E-state index in [1.165, 1.54) is 6.92 Å². The van der Waals surface area contributed by atoms with E-state index < -0.39 is 72.3 Å². The molecule has 0 aliphatic heterocycles. The SMILES string of the molecule is CC(C)CC(NC(=O)CN)C(=O)NC(CO)C(=O)NC(Cc1ccccc1)C(=O)NC(C)C(=O)NC(CCCN=C(N)N)C(=O)O. The predicted octanol–water partition coefficient (Wildman–Crippen LogP) is -3.19. The highest BCUT2D eigenvalue weighted by Gasteiger charge is 2.31. The van der Waals surface area contributed by atoms with Gasteiger partial charge in [0.15, 0.2) is 5.96 Å². The fourth-order valence-corrected chi connectivity index (χ4v) is 4.19. The lowest BCUT2D eigenvalue weighted by atomic mass is 10.0. The summed E-state index contributed by atoms with van der Waals surface area (Å²) in [4.78, 5) is 79.5. The number of aliphatic carboxylic acids is 1. The van der Waals surface area contributed by atoms with Crippen molar-refractivity contribution in [2.24, 2.45) is 28.1 Å². The summed E-state index contributed by atoms with van der Waals surface area (Å²) in [6, 6.07) is 2.37. The molecule has 5 atom stereocenters. The molecule has 0 saturated heterocycles. The van der Waals surface area contributed by atoms with Gasteiger partial charge in [0, 0.05) is 13.0 Å². The van der Waals surface area contributed by atoms with Gasteiger partial charge in [-0.1, -0.05) is 44.2 Å². The van der Waals surface area contributed by atoms with E-state index in [0.29, 0.717) is 5.56 Å². The molecule has 0 aliphatic carbocycles. The maximum absolute atomic E-state index is 13.3. The van der Waals surface area contributed by atoms with Crippen molar-refractivity contribution in [2.75, 3.05) is 19.7 Å². The van der Waals surface area contributed by atoms with Crippen LogP contribution in [0.5, 0.6) is 0 Å². The number of carboxylic acid groups (broad SMARTS) is 1. The average Bonchev–Trinajstić information content (AvgIpc) is 3.00. The first-order chi connectivity index (χ1) is 21.7. The van der Waals surface area contributed by atoms with Crippen LogP contribution in [0.25, 0.3) is 0 Å². The summed E-state index contributed by atoms with van der Waals surface area (Å²) in [6.45, 7) is 3.98. The Bertz CT molecular complexity index is 1210. The Morgan fingerprint density at radius 2 is 1.35 bits per heavy atom. The number of hydrogen-bond acceptors (Lipinski definition) is 9. The fraction of sp³-hybridized carbons (Fsp3) is 0.552. The van der Waals surface area contributed by atoms with Crippen molar-refractivity contribution in [2.45, 2.75) is 76.7 Å². The van der Waals surface area contributed by atoms with Gasteiger partial charge in [-0.05, 0) is 37.7 Å². The van der Waals surface area contributed by atoms with Gasteiger partial charge in [0.1, 0.15) is 30.2 Å². The van der Waals surface area contributed by atoms with Crippen molar-refractivity contribution in [1.29, 1.82) is 0 Å². The Morgan fingerprint density at radius 3 is 1.89 bits per heavy atom. The summed E-state index contributed by atoms with van der Waals surface area (Å²) < 4.78 is 0. The molecule has 0 bridgehead atoms. The lowest BCUT2D eigenvalue weighted by molar-refractivity contribution is -0.142. The molecule has 0 aromatic heterocycles. The van der Waals surface area contributed by atoms with Gasteiger partial charge in [0.25, 0.3) is 0 Å². The summed E-state index contributed by atoms with van der Waals surface area (Å²) >= 11 is 0. The average molecular weight is 650 g/mol. The lowest BCUT2D eigenvalue weighted by Gasteiger charge is -2.26. The number of aliphatic hydroxyl groups excluding tert-OH is 1. The van der Waals surface area contributed by atoms with Crippen molar-refractivity contribution >= 4 is 41.5 Å². The molecule has 256 valence electrons. The van der Waals surface area contributed by atoms with Gasteiger partial charge in [0.05, 0.1) is 13.2 Å². The smallest absolute Gasteiger partial charge is 0.326 e. The largest absolute Gasteiger partial charge is 0.480 e. The van der Waals surface area contributed by atoms with Crippen LogP contribution in [0.3, 0.4) is 0 Å². The molecule has 1 aromatic carbocycles. The number of amides is 5. The number of aliphatic imine (C=N–C) groups is 1. The highest BCUT2D eigenvalue weighted by molar-refractivity contribution is 5.96. The molecular weight excluding hydrogens is 602 g/mol. The second-order valence-corrected chi connectivity index (χ2v) is 11.0. The summed E-state index contributed by atoms with van der Waals surface area (Å²) in [5, 5.41) is 31.7. The predicted molar refractivity (Wildman–Crippen MR) is 169 cm³/mol. The summed E-state index contributed by atoms with van der Waals surface area (Å²) in [5.74, 6) is -5.23. The second-order valence-electron chi connectivity index (χ2n) is 11.0. The number of nitrogens with zero attached hydrogens (tertiary/aromatic N) is 1. The summed E-state index contributed by atoms with van der Waals surface area (Å²) in [7, 11) is 0. The topological polar surface area (TPSA) is 293 Å². The summed E-state index contributed by atoms with van der Waals surface area (Å²) in [5.41, 5.74) is 16.5. The lowest BCUT2D eigenvalue weighted by Crippen LogP contribution is -2.59. The van der Waals surface area contributed by atoms with E-state index in [9.17, 15) is 39.0 Å². The van der Waals surface area contributed by atoms with Gasteiger partial charge >= 0.3 is 5.97 Å². The number of benzene rings is 1. The Hall–Kier alpha value is -4.77. The molecule has 17 heteroatoms. The zero-order valence-electron chi connectivity index (χ0n) is 26.3. The van der Waals surface area contributed by atoms with Crippen LogP contribution < -0.4 is 43.8 Å². The molecule has 0 spiro atoms. The van der Waals surface area contributed by atoms with E-state index in [1.807, 2.05) is 13.8 Å². The third-order valence-electron chi connectivity index (χ3n) is 6.59. The standard InChI is InChI=1S/C29H47N9O8/c1-16(2)12-20(35-23(40)14-30)26(43)38-22(15-39)27(44)37-21(13-18-8-5-4-6-9-18)25(42)34-17(3)24(41)36-19(28(45)46)10-7-11-33-29(31)32/h4-6,8-9,16-17,19-22,39H,7,10-15,30H2,1-3H3,(H,34,42)(H,35,40)(H,36,41)(H,37,44)(H,38,43)(H,45,46)(H4,31,32,33). The van der Waals surface area contributed by atoms with Gasteiger partial charge in [-0.3, -0.25) is 29.0 Å². The minimum Gasteiger partial charge on any atom is -0.480 e. The van der Waals surface area contributed by atoms with Crippen molar-refractivity contribution in [3.8, 4) is 0 Å². The number of guanidine groups is 1. The molecule has 0 radical (unpaired) electrons. The number of hydrogen-bond donors (Lipinski definition) is 10. The minimum absolute atomic E-state index is 0.0103. The summed E-state index contributed by atoms with van der Waals surface area (Å²) in [6.07, 6.45) is 0.494. The fourth-order valence-electron chi connectivity index (χ4n) is 4.19. The van der Waals surface area contributed by atoms with Crippen LogP contribution in [-0.2, 0) is 35.2 Å². The number of rotatable bonds is 20. The van der Waals surface area contributed by atoms with Crippen LogP contribution in [0.2, 0.25) is 0 Å². The van der Waals surface area contributed by atoms with Crippen molar-refractivity contribution < 1.29 is 39.0 Å². The maximum atomic E-state index is 13.3. The van der Waals surface area contributed by atoms with E-state index in [2.05, 4.69) is 31.6 Å². The Balaban J connectivity index is 3.04. The Kier molecular flexibility index (Phi) is 17.3. The van der Waals surface area contributed by atoms with Crippen LogP contribution in [-0.4, -0.2) is 102 Å². The molecule has 0 saturated carbocycles. The number of nitrogens with one attached hydrogen (secondary N) is 5. The molecule has 1 rings (SSSR count). The first kappa shape index (κ1) is 39.3. The molecule has 17 nitrogen and oxygen atoms in total. The molecule has 0 heterocycles. The normalized spacial score (nSPS) is 14.0. The number of nitrogens with two attached hydrogens (primary N) is 3. The van der Waals surface area contributed by atoms with E-state index in [4.69, 9.17) is 17.2 Å². The molecule has 5 amide bonds. The highest BCUT2D eigenvalue weighted by atomic mass is 16.4. The zero-order chi connectivity index (χ0) is 34.8. The molecule has 5 unspecified atom stereocenters. The van der Waals surface area contributed by atoms with E-state index in [-0.39, 0.29) is 50.7 Å². The number of carbonyl (C=O) groups excluding carboxylic acids is 5. The van der Waals surface area contributed by atoms with Gasteiger partial charge in [0.2, 0.25) is 29.5 Å². The van der Waals surface area contributed by atoms with Crippen LogP contribution in [0.15, 0.2) is 35.3 Å². The monoisotopic (exact) mass is 649 g/mol. The van der Waals surface area contributed by atoms with Gasteiger partial charge in [-0.25, -0.2) is 4.79 Å². The van der Waals surface area contributed by atoms with Crippen molar-refractivity contribution in [3.05, 3.63) is 35.9 Å². The Morgan fingerprint density at radius 1 is 0.783 bits per heavy atom. The first-order valence-corrected chi connectivity index (χ1v) is 14.8. The molecule has 0 fully saturated rings. The second kappa shape index (κ2) is 20.3. The quantitative estimate of drug-likeness (QED) is 0.0381. The van der Waals surface area contributed by atoms with Crippen LogP contribution in [0, 0.1) is 5.92 Å². The van der Waals surface area contributed by atoms with Gasteiger partial charge < -0.3 is 54.0 Å². The third-order valence-corrected chi connectivity index (χ3v) is 6.59. The first-order valence-electron chi connectivity index (χ1n) is 14.8. The number of aliphatic hydroxyl groups is 1. The minimum atomic E-state index is -1.49. The molecule has 1 aromatic rings. The molecule has 13 N–H and O–H groups in total. The van der Waals surface area contributed by atoms with Crippen molar-refractivity contribution in [1.82, 2.24) is 26.6 Å². The molecular formula is C29H47N9O8. The van der Waals surface area contributed by atoms with Gasteiger partial charge in [-0.15, -0.1) is 0 Å². The van der Waals surface area contributed by atoms with Crippen LogP contribution in [0.1, 0.15) is 45.6 Å². The number of carbonyl (C=O) groups is 6.